The minimum absolute atomic E-state index is 0.251. The minimum Gasteiger partial charge on any atom is -0.390 e. The minimum atomic E-state index is -0.516. The molecular weight excluding hydrogens is 190 g/mol. The number of carbonyl (C=O) groups excluding carboxylic acids is 1. The second-order valence-electron chi connectivity index (χ2n) is 4.94. The maximum atomic E-state index is 11.2. The van der Waals surface area contributed by atoms with Gasteiger partial charge in [0, 0.05) is 31.3 Å². The zero-order valence-corrected chi connectivity index (χ0v) is 9.33. The Balaban J connectivity index is 2.00. The number of ketones is 1. The van der Waals surface area contributed by atoms with E-state index in [0.29, 0.717) is 6.42 Å². The average molecular weight is 209 g/mol. The number of hydrogen-bond donors (Lipinski definition) is 1. The first-order valence-corrected chi connectivity index (χ1v) is 5.78. The summed E-state index contributed by atoms with van der Waals surface area (Å²) in [7, 11) is 0. The molecule has 0 aromatic carbocycles. The van der Waals surface area contributed by atoms with Crippen molar-refractivity contribution in [3.63, 3.8) is 0 Å². The average Bonchev–Trinajstić information content (AvgIpc) is 2.49. The van der Waals surface area contributed by atoms with Gasteiger partial charge in [-0.15, -0.1) is 0 Å². The number of allylic oxidation sites excluding steroid dienone is 2. The molecule has 1 aliphatic carbocycles. The third-order valence-corrected chi connectivity index (χ3v) is 3.43. The van der Waals surface area contributed by atoms with Crippen molar-refractivity contribution in [1.29, 1.82) is 0 Å². The Morgan fingerprint density at radius 3 is 2.80 bits per heavy atom. The zero-order chi connectivity index (χ0) is 10.9. The molecule has 0 spiro atoms. The van der Waals surface area contributed by atoms with Crippen molar-refractivity contribution >= 4 is 5.78 Å². The monoisotopic (exact) mass is 209 g/mol. The molecule has 1 atom stereocenters. The smallest absolute Gasteiger partial charge is 0.157 e. The number of rotatable bonds is 1. The van der Waals surface area contributed by atoms with E-state index in [1.807, 2.05) is 6.92 Å². The van der Waals surface area contributed by atoms with Crippen LogP contribution in [0.3, 0.4) is 0 Å². The summed E-state index contributed by atoms with van der Waals surface area (Å²) in [5.41, 5.74) is 0.662. The molecule has 3 nitrogen and oxygen atoms in total. The Kier molecular flexibility index (Phi) is 2.83. The first-order valence-electron chi connectivity index (χ1n) is 5.78. The summed E-state index contributed by atoms with van der Waals surface area (Å²) < 4.78 is 0. The quantitative estimate of drug-likeness (QED) is 0.711. The molecule has 0 aromatic heterocycles. The molecule has 2 rings (SSSR count). The highest BCUT2D eigenvalue weighted by Crippen LogP contribution is 2.26. The van der Waals surface area contributed by atoms with Crippen molar-refractivity contribution in [3.8, 4) is 0 Å². The highest BCUT2D eigenvalue weighted by molar-refractivity contribution is 5.92. The summed E-state index contributed by atoms with van der Waals surface area (Å²) in [5, 5.41) is 9.95. The van der Waals surface area contributed by atoms with E-state index < -0.39 is 5.60 Å². The van der Waals surface area contributed by atoms with Crippen molar-refractivity contribution < 1.29 is 9.90 Å². The standard InChI is InChI=1S/C12H19NO2/c1-12(15)5-2-7-13(8-6-12)10-3-4-11(14)9-10/h9,15H,2-8H2,1H3. The van der Waals surface area contributed by atoms with Crippen molar-refractivity contribution in [3.05, 3.63) is 11.8 Å². The molecule has 1 aliphatic heterocycles. The van der Waals surface area contributed by atoms with Crippen molar-refractivity contribution in [2.75, 3.05) is 13.1 Å². The second kappa shape index (κ2) is 3.97. The summed E-state index contributed by atoms with van der Waals surface area (Å²) >= 11 is 0. The lowest BCUT2D eigenvalue weighted by atomic mass is 9.98. The van der Waals surface area contributed by atoms with Gasteiger partial charge in [-0.2, -0.15) is 0 Å². The van der Waals surface area contributed by atoms with Crippen LogP contribution in [0, 0.1) is 0 Å². The molecule has 0 bridgehead atoms. The molecule has 1 unspecified atom stereocenters. The molecule has 15 heavy (non-hydrogen) atoms. The van der Waals surface area contributed by atoms with Gasteiger partial charge in [0.2, 0.25) is 0 Å². The largest absolute Gasteiger partial charge is 0.390 e. The van der Waals surface area contributed by atoms with Crippen LogP contribution < -0.4 is 0 Å². The molecule has 0 amide bonds. The van der Waals surface area contributed by atoms with Gasteiger partial charge in [0.1, 0.15) is 0 Å². The molecule has 2 aliphatic rings. The second-order valence-corrected chi connectivity index (χ2v) is 4.94. The van der Waals surface area contributed by atoms with Gasteiger partial charge in [-0.1, -0.05) is 0 Å². The number of hydrogen-bond acceptors (Lipinski definition) is 3. The summed E-state index contributed by atoms with van der Waals surface area (Å²) in [4.78, 5) is 13.4. The Labute approximate surface area is 90.8 Å². The molecule has 0 radical (unpaired) electrons. The van der Waals surface area contributed by atoms with Gasteiger partial charge in [0.15, 0.2) is 5.78 Å². The van der Waals surface area contributed by atoms with Crippen LogP contribution in [0.1, 0.15) is 39.0 Å². The van der Waals surface area contributed by atoms with Crippen molar-refractivity contribution in [2.45, 2.75) is 44.6 Å². The van der Waals surface area contributed by atoms with Gasteiger partial charge in [-0.3, -0.25) is 4.79 Å². The lowest BCUT2D eigenvalue weighted by Gasteiger charge is -2.24. The van der Waals surface area contributed by atoms with Gasteiger partial charge in [-0.05, 0) is 32.6 Å². The van der Waals surface area contributed by atoms with E-state index in [0.717, 1.165) is 38.8 Å². The lowest BCUT2D eigenvalue weighted by Crippen LogP contribution is -2.27. The normalized spacial score (nSPS) is 32.8. The van der Waals surface area contributed by atoms with Gasteiger partial charge in [0.05, 0.1) is 5.60 Å². The maximum Gasteiger partial charge on any atom is 0.157 e. The molecule has 1 fully saturated rings. The topological polar surface area (TPSA) is 40.5 Å². The van der Waals surface area contributed by atoms with Gasteiger partial charge in [-0.25, -0.2) is 0 Å². The van der Waals surface area contributed by atoms with E-state index in [2.05, 4.69) is 4.90 Å². The van der Waals surface area contributed by atoms with Crippen molar-refractivity contribution in [1.82, 2.24) is 4.90 Å². The fourth-order valence-electron chi connectivity index (χ4n) is 2.38. The van der Waals surface area contributed by atoms with Crippen LogP contribution in [0.4, 0.5) is 0 Å². The molecule has 84 valence electrons. The first-order chi connectivity index (χ1) is 7.07. The fourth-order valence-corrected chi connectivity index (χ4v) is 2.38. The number of nitrogens with zero attached hydrogens (tertiary/aromatic N) is 1. The van der Waals surface area contributed by atoms with E-state index in [1.165, 1.54) is 5.70 Å². The number of aliphatic hydroxyl groups is 1. The van der Waals surface area contributed by atoms with Crippen LogP contribution in [0.5, 0.6) is 0 Å². The van der Waals surface area contributed by atoms with E-state index in [-0.39, 0.29) is 5.78 Å². The molecule has 1 saturated heterocycles. The lowest BCUT2D eigenvalue weighted by molar-refractivity contribution is -0.114. The summed E-state index contributed by atoms with van der Waals surface area (Å²) in [6.07, 6.45) is 6.02. The Hall–Kier alpha value is -0.830. The third-order valence-electron chi connectivity index (χ3n) is 3.43. The Bertz CT molecular complexity index is 294. The van der Waals surface area contributed by atoms with Crippen LogP contribution in [0.2, 0.25) is 0 Å². The van der Waals surface area contributed by atoms with Crippen LogP contribution in [0.15, 0.2) is 11.8 Å². The van der Waals surface area contributed by atoms with Crippen molar-refractivity contribution in [2.24, 2.45) is 0 Å². The molecular formula is C12H19NO2. The maximum absolute atomic E-state index is 11.2. The van der Waals surface area contributed by atoms with Crippen LogP contribution in [0.25, 0.3) is 0 Å². The summed E-state index contributed by atoms with van der Waals surface area (Å²) in [6, 6.07) is 0. The SMILES string of the molecule is CC1(O)CCCN(C2=CC(=O)CC2)CC1. The summed E-state index contributed by atoms with van der Waals surface area (Å²) in [6.45, 7) is 3.77. The molecule has 3 heteroatoms. The molecule has 0 aromatic rings. The van der Waals surface area contributed by atoms with Crippen LogP contribution in [-0.4, -0.2) is 34.5 Å². The van der Waals surface area contributed by atoms with E-state index in [9.17, 15) is 9.90 Å². The fraction of sp³-hybridized carbons (Fsp3) is 0.750. The molecule has 0 saturated carbocycles. The predicted octanol–water partition coefficient (Wildman–Crippen LogP) is 1.47. The van der Waals surface area contributed by atoms with Crippen LogP contribution >= 0.6 is 0 Å². The van der Waals surface area contributed by atoms with E-state index in [1.54, 1.807) is 6.08 Å². The van der Waals surface area contributed by atoms with Gasteiger partial charge in [0.25, 0.3) is 0 Å². The number of likely N-dealkylation sites (tertiary alicyclic amines) is 1. The van der Waals surface area contributed by atoms with E-state index in [4.69, 9.17) is 0 Å². The number of carbonyl (C=O) groups is 1. The third kappa shape index (κ3) is 2.59. The first kappa shape index (κ1) is 10.7. The Morgan fingerprint density at radius 1 is 1.33 bits per heavy atom. The van der Waals surface area contributed by atoms with Crippen LogP contribution in [-0.2, 0) is 4.79 Å². The molecule has 1 N–H and O–H groups in total. The highest BCUT2D eigenvalue weighted by atomic mass is 16.3. The Morgan fingerprint density at radius 2 is 2.13 bits per heavy atom. The highest BCUT2D eigenvalue weighted by Gasteiger charge is 2.27. The predicted molar refractivity (Wildman–Crippen MR) is 58.4 cm³/mol. The van der Waals surface area contributed by atoms with Gasteiger partial charge >= 0.3 is 0 Å². The zero-order valence-electron chi connectivity index (χ0n) is 9.33. The summed E-state index contributed by atoms with van der Waals surface area (Å²) in [5.74, 6) is 0.251. The van der Waals surface area contributed by atoms with E-state index >= 15 is 0 Å². The van der Waals surface area contributed by atoms with Gasteiger partial charge < -0.3 is 10.0 Å². The molecule has 1 heterocycles.